The Morgan fingerprint density at radius 3 is 2.14 bits per heavy atom. The molecule has 1 aromatic heterocycles. The van der Waals surface area contributed by atoms with Crippen molar-refractivity contribution in [3.05, 3.63) is 65.5 Å². The Morgan fingerprint density at radius 2 is 1.68 bits per heavy atom. The highest BCUT2D eigenvalue weighted by Gasteiger charge is 2.31. The van der Waals surface area contributed by atoms with Gasteiger partial charge in [0.25, 0.3) is 0 Å². The summed E-state index contributed by atoms with van der Waals surface area (Å²) in [4.78, 5) is 11.8. The van der Waals surface area contributed by atoms with E-state index < -0.39 is 11.9 Å². The molecular weight excluding hydrogens is 354 g/mol. The maximum atomic E-state index is 11.8. The second kappa shape index (κ2) is 9.23. The number of benzene rings is 2. The molecule has 0 fully saturated rings. The molecule has 2 aromatic carbocycles. The molecule has 0 aliphatic carbocycles. The Kier molecular flexibility index (Phi) is 6.49. The van der Waals surface area contributed by atoms with Crippen molar-refractivity contribution in [1.29, 1.82) is 0 Å². The molecule has 0 saturated heterocycles. The molecule has 0 aliphatic heterocycles. The molecule has 146 valence electrons. The van der Waals surface area contributed by atoms with E-state index in [1.165, 1.54) is 0 Å². The lowest BCUT2D eigenvalue weighted by Gasteiger charge is -2.21. The fourth-order valence-corrected chi connectivity index (χ4v) is 3.47. The standard InChI is InChI=1S/C21H25N5O2/c1-2-3-18(21(27)28)19(20-23-25-26-24-20)12-14-4-8-16(9-5-14)17-10-6-15(13-22)7-11-17/h4-11,18-19H,2-3,12-13,22H2,1H3,(H,27,28)(H,23,24,25,26). The number of hydrogen-bond donors (Lipinski definition) is 3. The number of carbonyl (C=O) groups is 1. The Labute approximate surface area is 164 Å². The average molecular weight is 379 g/mol. The number of carboxylic acid groups (broad SMARTS) is 1. The van der Waals surface area contributed by atoms with Crippen LogP contribution in [0.4, 0.5) is 0 Å². The Bertz CT molecular complexity index is 876. The highest BCUT2D eigenvalue weighted by atomic mass is 16.4. The first-order valence-corrected chi connectivity index (χ1v) is 9.46. The number of tetrazole rings is 1. The van der Waals surface area contributed by atoms with Crippen LogP contribution in [0, 0.1) is 5.92 Å². The predicted octanol–water partition coefficient (Wildman–Crippen LogP) is 3.15. The number of aromatic nitrogens is 4. The minimum atomic E-state index is -0.826. The van der Waals surface area contributed by atoms with E-state index in [0.29, 0.717) is 25.2 Å². The Hall–Kier alpha value is -3.06. The second-order valence-electron chi connectivity index (χ2n) is 6.91. The lowest BCUT2D eigenvalue weighted by atomic mass is 9.83. The minimum Gasteiger partial charge on any atom is -0.481 e. The summed E-state index contributed by atoms with van der Waals surface area (Å²) < 4.78 is 0. The molecule has 3 aromatic rings. The average Bonchev–Trinajstić information content (AvgIpc) is 3.25. The maximum Gasteiger partial charge on any atom is 0.307 e. The van der Waals surface area contributed by atoms with Crippen molar-refractivity contribution in [2.45, 2.75) is 38.6 Å². The smallest absolute Gasteiger partial charge is 0.307 e. The van der Waals surface area contributed by atoms with Gasteiger partial charge in [-0.25, -0.2) is 0 Å². The van der Waals surface area contributed by atoms with Crippen molar-refractivity contribution >= 4 is 5.97 Å². The summed E-state index contributed by atoms with van der Waals surface area (Å²) in [7, 11) is 0. The zero-order valence-corrected chi connectivity index (χ0v) is 15.9. The van der Waals surface area contributed by atoms with Crippen molar-refractivity contribution in [3.63, 3.8) is 0 Å². The van der Waals surface area contributed by atoms with Gasteiger partial charge < -0.3 is 10.8 Å². The molecule has 0 amide bonds. The first kappa shape index (κ1) is 19.7. The van der Waals surface area contributed by atoms with Crippen molar-refractivity contribution in [2.75, 3.05) is 0 Å². The highest BCUT2D eigenvalue weighted by molar-refractivity contribution is 5.71. The molecule has 2 atom stereocenters. The zero-order chi connectivity index (χ0) is 19.9. The fraction of sp³-hybridized carbons (Fsp3) is 0.333. The van der Waals surface area contributed by atoms with Crippen LogP contribution in [0.25, 0.3) is 11.1 Å². The number of aliphatic carboxylic acids is 1. The van der Waals surface area contributed by atoms with Gasteiger partial charge in [0.05, 0.1) is 5.92 Å². The summed E-state index contributed by atoms with van der Waals surface area (Å²) in [6.45, 7) is 2.51. The van der Waals surface area contributed by atoms with Crippen LogP contribution in [0.2, 0.25) is 0 Å². The molecule has 0 bridgehead atoms. The van der Waals surface area contributed by atoms with Crippen molar-refractivity contribution in [1.82, 2.24) is 20.6 Å². The number of nitrogens with two attached hydrogens (primary N) is 1. The lowest BCUT2D eigenvalue weighted by molar-refractivity contribution is -0.142. The van der Waals surface area contributed by atoms with E-state index in [1.54, 1.807) is 0 Å². The molecule has 0 radical (unpaired) electrons. The van der Waals surface area contributed by atoms with Crippen LogP contribution in [0.3, 0.4) is 0 Å². The fourth-order valence-electron chi connectivity index (χ4n) is 3.47. The van der Waals surface area contributed by atoms with Gasteiger partial charge in [-0.2, -0.15) is 5.21 Å². The molecule has 7 nitrogen and oxygen atoms in total. The normalized spacial score (nSPS) is 13.2. The van der Waals surface area contributed by atoms with E-state index in [0.717, 1.165) is 28.7 Å². The number of nitrogens with one attached hydrogen (secondary N) is 1. The monoisotopic (exact) mass is 379 g/mol. The molecule has 1 heterocycles. The highest BCUT2D eigenvalue weighted by Crippen LogP contribution is 2.30. The number of hydrogen-bond acceptors (Lipinski definition) is 5. The summed E-state index contributed by atoms with van der Waals surface area (Å²) in [5.41, 5.74) is 10.0. The van der Waals surface area contributed by atoms with E-state index in [-0.39, 0.29) is 5.92 Å². The first-order chi connectivity index (χ1) is 13.6. The molecule has 28 heavy (non-hydrogen) atoms. The van der Waals surface area contributed by atoms with Gasteiger partial charge in [-0.15, -0.1) is 10.2 Å². The van der Waals surface area contributed by atoms with Crippen LogP contribution in [0.15, 0.2) is 48.5 Å². The largest absolute Gasteiger partial charge is 0.481 e. The number of nitrogens with zero attached hydrogens (tertiary/aromatic N) is 3. The Balaban J connectivity index is 1.81. The lowest BCUT2D eigenvalue weighted by Crippen LogP contribution is -2.25. The molecule has 0 saturated carbocycles. The minimum absolute atomic E-state index is 0.328. The van der Waals surface area contributed by atoms with Crippen molar-refractivity contribution < 1.29 is 9.90 Å². The number of H-pyrrole nitrogens is 1. The van der Waals surface area contributed by atoms with Crippen molar-refractivity contribution in [3.8, 4) is 11.1 Å². The second-order valence-corrected chi connectivity index (χ2v) is 6.91. The molecule has 7 heteroatoms. The molecule has 0 aliphatic rings. The van der Waals surface area contributed by atoms with E-state index in [2.05, 4.69) is 44.9 Å². The van der Waals surface area contributed by atoms with E-state index in [4.69, 9.17) is 5.73 Å². The molecule has 0 spiro atoms. The van der Waals surface area contributed by atoms with Gasteiger partial charge in [0.2, 0.25) is 0 Å². The van der Waals surface area contributed by atoms with Crippen molar-refractivity contribution in [2.24, 2.45) is 11.7 Å². The molecular formula is C21H25N5O2. The summed E-state index contributed by atoms with van der Waals surface area (Å²) in [5, 5.41) is 23.9. The van der Waals surface area contributed by atoms with E-state index in [1.807, 2.05) is 31.2 Å². The number of rotatable bonds is 9. The van der Waals surface area contributed by atoms with Crippen LogP contribution >= 0.6 is 0 Å². The summed E-state index contributed by atoms with van der Waals surface area (Å²) >= 11 is 0. The zero-order valence-electron chi connectivity index (χ0n) is 15.9. The van der Waals surface area contributed by atoms with Gasteiger partial charge in [-0.3, -0.25) is 4.79 Å². The van der Waals surface area contributed by atoms with Gasteiger partial charge in [0, 0.05) is 12.5 Å². The summed E-state index contributed by atoms with van der Waals surface area (Å²) in [5.74, 6) is -1.26. The van der Waals surface area contributed by atoms with Crippen LogP contribution in [-0.2, 0) is 17.8 Å². The SMILES string of the molecule is CCCC(C(=O)O)C(Cc1ccc(-c2ccc(CN)cc2)cc1)c1nn[nH]n1. The predicted molar refractivity (Wildman–Crippen MR) is 106 cm³/mol. The van der Waals surface area contributed by atoms with E-state index in [9.17, 15) is 9.90 Å². The van der Waals surface area contributed by atoms with Gasteiger partial charge in [-0.1, -0.05) is 67.1 Å². The van der Waals surface area contributed by atoms with Crippen LogP contribution in [0.1, 0.15) is 42.6 Å². The van der Waals surface area contributed by atoms with Gasteiger partial charge in [-0.05, 0) is 35.1 Å². The van der Waals surface area contributed by atoms with Crippen LogP contribution in [-0.4, -0.2) is 31.7 Å². The molecule has 3 rings (SSSR count). The van der Waals surface area contributed by atoms with Gasteiger partial charge in [0.1, 0.15) is 0 Å². The van der Waals surface area contributed by atoms with E-state index >= 15 is 0 Å². The number of aromatic amines is 1. The topological polar surface area (TPSA) is 118 Å². The third kappa shape index (κ3) is 4.61. The quantitative estimate of drug-likeness (QED) is 0.526. The number of carboxylic acids is 1. The molecule has 2 unspecified atom stereocenters. The summed E-state index contributed by atoms with van der Waals surface area (Å²) in [6, 6.07) is 16.3. The molecule has 4 N–H and O–H groups in total. The Morgan fingerprint density at radius 1 is 1.07 bits per heavy atom. The first-order valence-electron chi connectivity index (χ1n) is 9.46. The third-order valence-electron chi connectivity index (χ3n) is 5.03. The third-order valence-corrected chi connectivity index (χ3v) is 5.03. The summed E-state index contributed by atoms with van der Waals surface area (Å²) in [6.07, 6.45) is 1.89. The van der Waals surface area contributed by atoms with Gasteiger partial charge in [0.15, 0.2) is 5.82 Å². The maximum absolute atomic E-state index is 11.8. The van der Waals surface area contributed by atoms with Gasteiger partial charge >= 0.3 is 5.97 Å². The van der Waals surface area contributed by atoms with Crippen LogP contribution in [0.5, 0.6) is 0 Å². The van der Waals surface area contributed by atoms with Crippen LogP contribution < -0.4 is 5.73 Å².